The number of nitrogens with one attached hydrogen (secondary N) is 2. The Kier molecular flexibility index (Phi) is 12.7. The van der Waals surface area contributed by atoms with Crippen molar-refractivity contribution in [3.05, 3.63) is 33.8 Å². The smallest absolute Gasteiger partial charge is 0.191 e. The molecule has 1 saturated heterocycles. The number of guanidine groups is 1. The van der Waals surface area contributed by atoms with Gasteiger partial charge in [-0.05, 0) is 50.9 Å². The Balaban J connectivity index is 0.00000364. The average molecular weight is 529 g/mol. The monoisotopic (exact) mass is 528 g/mol. The van der Waals surface area contributed by atoms with Gasteiger partial charge in [-0.1, -0.05) is 29.3 Å². The standard InChI is InChI=1S/C19H30Cl2N4O.HI/c1-3-22-19(23-8-4-5-9-25-10-12-26-13-11-25)24-15(2)17-7-6-16(20)14-18(17)21;/h6-7,14-15H,3-5,8-13H2,1-2H3,(H2,22,23,24);1H. The second kappa shape index (κ2) is 13.8. The zero-order valence-electron chi connectivity index (χ0n) is 16.1. The molecule has 0 aliphatic carbocycles. The zero-order chi connectivity index (χ0) is 18.8. The molecule has 154 valence electrons. The van der Waals surface area contributed by atoms with Crippen LogP contribution < -0.4 is 10.6 Å². The summed E-state index contributed by atoms with van der Waals surface area (Å²) < 4.78 is 5.38. The lowest BCUT2D eigenvalue weighted by Crippen LogP contribution is -2.39. The molecule has 1 aromatic rings. The molecule has 0 amide bonds. The Hall–Kier alpha value is -0.280. The van der Waals surface area contributed by atoms with Gasteiger partial charge >= 0.3 is 0 Å². The third-order valence-electron chi connectivity index (χ3n) is 4.38. The first-order valence-corrected chi connectivity index (χ1v) is 10.2. The van der Waals surface area contributed by atoms with E-state index in [2.05, 4.69) is 29.4 Å². The fraction of sp³-hybridized carbons (Fsp3) is 0.632. The van der Waals surface area contributed by atoms with Crippen LogP contribution in [0, 0.1) is 0 Å². The summed E-state index contributed by atoms with van der Waals surface area (Å²) in [7, 11) is 0. The molecule has 2 rings (SSSR count). The number of benzene rings is 1. The molecule has 0 spiro atoms. The number of morpholine rings is 1. The number of hydrogen-bond acceptors (Lipinski definition) is 3. The maximum Gasteiger partial charge on any atom is 0.191 e. The van der Waals surface area contributed by atoms with Gasteiger partial charge < -0.3 is 15.4 Å². The van der Waals surface area contributed by atoms with Crippen molar-refractivity contribution in [3.8, 4) is 0 Å². The molecule has 0 radical (unpaired) electrons. The minimum Gasteiger partial charge on any atom is -0.379 e. The topological polar surface area (TPSA) is 48.9 Å². The number of rotatable bonds is 8. The van der Waals surface area contributed by atoms with Crippen molar-refractivity contribution in [2.24, 2.45) is 4.99 Å². The third kappa shape index (κ3) is 9.17. The highest BCUT2D eigenvalue weighted by atomic mass is 127. The molecule has 1 aliphatic heterocycles. The molecule has 8 heteroatoms. The van der Waals surface area contributed by atoms with Gasteiger partial charge in [0, 0.05) is 36.2 Å². The predicted octanol–water partition coefficient (Wildman–Crippen LogP) is 4.34. The maximum atomic E-state index is 6.31. The van der Waals surface area contributed by atoms with Gasteiger partial charge in [0.2, 0.25) is 0 Å². The minimum absolute atomic E-state index is 0. The second-order valence-electron chi connectivity index (χ2n) is 6.45. The lowest BCUT2D eigenvalue weighted by Gasteiger charge is -2.26. The molecule has 27 heavy (non-hydrogen) atoms. The predicted molar refractivity (Wildman–Crippen MR) is 126 cm³/mol. The molecular weight excluding hydrogens is 498 g/mol. The summed E-state index contributed by atoms with van der Waals surface area (Å²) in [6.45, 7) is 10.7. The van der Waals surface area contributed by atoms with E-state index < -0.39 is 0 Å². The highest BCUT2D eigenvalue weighted by Gasteiger charge is 2.12. The largest absolute Gasteiger partial charge is 0.379 e. The summed E-state index contributed by atoms with van der Waals surface area (Å²) in [6, 6.07) is 5.63. The first-order valence-electron chi connectivity index (χ1n) is 9.40. The van der Waals surface area contributed by atoms with Crippen LogP contribution >= 0.6 is 47.2 Å². The number of hydrogen-bond donors (Lipinski definition) is 2. The van der Waals surface area contributed by atoms with Crippen molar-refractivity contribution in [2.45, 2.75) is 32.7 Å². The van der Waals surface area contributed by atoms with Crippen LogP contribution in [0.1, 0.15) is 38.3 Å². The van der Waals surface area contributed by atoms with Gasteiger partial charge in [0.1, 0.15) is 0 Å². The molecular formula is C19H31Cl2IN4O. The van der Waals surface area contributed by atoms with Gasteiger partial charge in [0.25, 0.3) is 0 Å². The Bertz CT molecular complexity index is 583. The van der Waals surface area contributed by atoms with Gasteiger partial charge in [0.15, 0.2) is 5.96 Å². The molecule has 5 nitrogen and oxygen atoms in total. The fourth-order valence-electron chi connectivity index (χ4n) is 2.92. The van der Waals surface area contributed by atoms with Crippen LogP contribution in [0.5, 0.6) is 0 Å². The van der Waals surface area contributed by atoms with E-state index in [1.54, 1.807) is 6.07 Å². The molecule has 0 bridgehead atoms. The van der Waals surface area contributed by atoms with Crippen molar-refractivity contribution in [3.63, 3.8) is 0 Å². The quantitative estimate of drug-likeness (QED) is 0.228. The zero-order valence-corrected chi connectivity index (χ0v) is 20.0. The SMILES string of the molecule is CCNC(=NCCCCN1CCOCC1)NC(C)c1ccc(Cl)cc1Cl.I. The van der Waals surface area contributed by atoms with E-state index in [0.29, 0.717) is 10.0 Å². The van der Waals surface area contributed by atoms with Crippen LogP contribution in [0.25, 0.3) is 0 Å². The van der Waals surface area contributed by atoms with Crippen molar-refractivity contribution < 1.29 is 4.74 Å². The van der Waals surface area contributed by atoms with Crippen molar-refractivity contribution in [1.82, 2.24) is 15.5 Å². The lowest BCUT2D eigenvalue weighted by atomic mass is 10.1. The minimum atomic E-state index is 0. The molecule has 1 unspecified atom stereocenters. The fourth-order valence-corrected chi connectivity index (χ4v) is 3.49. The maximum absolute atomic E-state index is 6.31. The highest BCUT2D eigenvalue weighted by Crippen LogP contribution is 2.25. The summed E-state index contributed by atoms with van der Waals surface area (Å²) in [5.41, 5.74) is 1.01. The van der Waals surface area contributed by atoms with Crippen LogP contribution in [-0.4, -0.2) is 56.8 Å². The van der Waals surface area contributed by atoms with E-state index in [1.165, 1.54) is 0 Å². The number of nitrogens with zero attached hydrogens (tertiary/aromatic N) is 2. The van der Waals surface area contributed by atoms with Crippen molar-refractivity contribution in [1.29, 1.82) is 0 Å². The molecule has 0 aromatic heterocycles. The van der Waals surface area contributed by atoms with Gasteiger partial charge in [-0.25, -0.2) is 0 Å². The second-order valence-corrected chi connectivity index (χ2v) is 7.30. The summed E-state index contributed by atoms with van der Waals surface area (Å²) in [5, 5.41) is 8.03. The first-order chi connectivity index (χ1) is 12.6. The summed E-state index contributed by atoms with van der Waals surface area (Å²) in [5.74, 6) is 0.817. The Morgan fingerprint density at radius 1 is 1.26 bits per heavy atom. The molecule has 1 heterocycles. The van der Waals surface area contributed by atoms with E-state index in [-0.39, 0.29) is 30.0 Å². The van der Waals surface area contributed by atoms with E-state index in [4.69, 9.17) is 32.9 Å². The molecule has 0 saturated carbocycles. The number of aliphatic imine (C=N–C) groups is 1. The van der Waals surface area contributed by atoms with Crippen molar-refractivity contribution >= 4 is 53.1 Å². The Labute approximate surface area is 190 Å². The molecule has 2 N–H and O–H groups in total. The Morgan fingerprint density at radius 3 is 2.67 bits per heavy atom. The van der Waals surface area contributed by atoms with Gasteiger partial charge in [-0.15, -0.1) is 24.0 Å². The number of unbranched alkanes of at least 4 members (excludes halogenated alkanes) is 1. The third-order valence-corrected chi connectivity index (χ3v) is 4.94. The van der Waals surface area contributed by atoms with Crippen LogP contribution in [0.15, 0.2) is 23.2 Å². The van der Waals surface area contributed by atoms with Gasteiger partial charge in [-0.2, -0.15) is 0 Å². The normalized spacial score (nSPS) is 16.5. The molecule has 1 fully saturated rings. The summed E-state index contributed by atoms with van der Waals surface area (Å²) in [4.78, 5) is 7.15. The van der Waals surface area contributed by atoms with E-state index in [0.717, 1.165) is 70.3 Å². The Morgan fingerprint density at radius 2 is 2.00 bits per heavy atom. The first kappa shape index (κ1) is 24.8. The van der Waals surface area contributed by atoms with E-state index in [9.17, 15) is 0 Å². The van der Waals surface area contributed by atoms with E-state index in [1.807, 2.05) is 12.1 Å². The van der Waals surface area contributed by atoms with Crippen molar-refractivity contribution in [2.75, 3.05) is 45.9 Å². The van der Waals surface area contributed by atoms with E-state index >= 15 is 0 Å². The van der Waals surface area contributed by atoms with Crippen LogP contribution in [-0.2, 0) is 4.74 Å². The van der Waals surface area contributed by atoms with Crippen LogP contribution in [0.2, 0.25) is 10.0 Å². The number of ether oxygens (including phenoxy) is 1. The van der Waals surface area contributed by atoms with Gasteiger partial charge in [-0.3, -0.25) is 9.89 Å². The lowest BCUT2D eigenvalue weighted by molar-refractivity contribution is 0.0373. The van der Waals surface area contributed by atoms with Crippen LogP contribution in [0.3, 0.4) is 0 Å². The summed E-state index contributed by atoms with van der Waals surface area (Å²) >= 11 is 12.3. The average Bonchev–Trinajstić information content (AvgIpc) is 2.62. The highest BCUT2D eigenvalue weighted by molar-refractivity contribution is 14.0. The summed E-state index contributed by atoms with van der Waals surface area (Å²) in [6.07, 6.45) is 2.23. The van der Waals surface area contributed by atoms with Gasteiger partial charge in [0.05, 0.1) is 19.3 Å². The number of halogens is 3. The molecule has 1 atom stereocenters. The van der Waals surface area contributed by atoms with Crippen LogP contribution in [0.4, 0.5) is 0 Å². The molecule has 1 aliphatic rings. The molecule has 1 aromatic carbocycles.